The predicted octanol–water partition coefficient (Wildman–Crippen LogP) is 34.9. The van der Waals surface area contributed by atoms with Gasteiger partial charge in [0.15, 0.2) is 5.82 Å². The number of aromatic nitrogens is 6. The van der Waals surface area contributed by atoms with E-state index >= 15 is 0 Å². The Balaban J connectivity index is 0.000000107. The molecule has 0 fully saturated rings. The number of nitrogens with zero attached hydrogens (tertiary/aromatic N) is 6. The van der Waals surface area contributed by atoms with Gasteiger partial charge in [0.05, 0.1) is 56.1 Å². The van der Waals surface area contributed by atoms with Crippen LogP contribution in [0.25, 0.3) is 260 Å². The number of hydrogen-bond donors (Lipinski definition) is 0. The van der Waals surface area contributed by atoms with Gasteiger partial charge in [-0.15, -0.1) is 34.0 Å². The summed E-state index contributed by atoms with van der Waals surface area (Å²) in [6.45, 7) is 0. The average molecular weight is 1750 g/mol. The van der Waals surface area contributed by atoms with Crippen LogP contribution in [0.5, 0.6) is 0 Å². The molecule has 0 unspecified atom stereocenters. The molecule has 0 aliphatic rings. The molecule has 0 aliphatic heterocycles. The molecule has 0 bridgehead atoms. The Morgan fingerprint density at radius 2 is 0.466 bits per heavy atom. The highest BCUT2D eigenvalue weighted by atomic mass is 32.1. The summed E-state index contributed by atoms with van der Waals surface area (Å²) in [5.41, 5.74) is 27.5. The zero-order valence-electron chi connectivity index (χ0n) is 71.8. The Labute approximate surface area is 778 Å². The van der Waals surface area contributed by atoms with Crippen molar-refractivity contribution in [1.29, 1.82) is 0 Å². The van der Waals surface area contributed by atoms with E-state index in [1.807, 2.05) is 40.1 Å². The van der Waals surface area contributed by atoms with Crippen molar-refractivity contribution in [3.63, 3.8) is 0 Å². The van der Waals surface area contributed by atoms with Crippen molar-refractivity contribution < 1.29 is 0 Å². The minimum Gasteiger partial charge on any atom is -0.244 e. The molecule has 0 spiro atoms. The van der Waals surface area contributed by atoms with Gasteiger partial charge in [0.25, 0.3) is 0 Å². The minimum atomic E-state index is 0.727. The Kier molecular flexibility index (Phi) is 19.8. The van der Waals surface area contributed by atoms with E-state index < -0.39 is 0 Å². The van der Waals surface area contributed by atoms with E-state index in [0.717, 1.165) is 128 Å². The second-order valence-corrected chi connectivity index (χ2v) is 37.0. The molecule has 0 N–H and O–H groups in total. The third-order valence-corrected chi connectivity index (χ3v) is 29.3. The van der Waals surface area contributed by atoms with Gasteiger partial charge in [0.1, 0.15) is 0 Å². The summed E-state index contributed by atoms with van der Waals surface area (Å²) < 4.78 is 7.78. The molecule has 0 aliphatic carbocycles. The zero-order chi connectivity index (χ0) is 87.8. The monoisotopic (exact) mass is 1740 g/mol. The van der Waals surface area contributed by atoms with Crippen LogP contribution in [0.1, 0.15) is 0 Å². The molecule has 6 nitrogen and oxygen atoms in total. The van der Waals surface area contributed by atoms with Gasteiger partial charge in [0, 0.05) is 115 Å². The van der Waals surface area contributed by atoms with Crippen LogP contribution in [0.2, 0.25) is 0 Å². The summed E-state index contributed by atoms with van der Waals surface area (Å²) in [4.78, 5) is 31.9. The first-order valence-electron chi connectivity index (χ1n) is 44.8. The van der Waals surface area contributed by atoms with E-state index in [2.05, 4.69) is 455 Å². The molecule has 0 saturated heterocycles. The van der Waals surface area contributed by atoms with Crippen molar-refractivity contribution in [3.8, 4) is 123 Å². The fraction of sp³-hybridized carbons (Fsp3) is 0. The van der Waals surface area contributed by atoms with Gasteiger partial charge in [-0.25, -0.2) is 29.9 Å². The van der Waals surface area contributed by atoms with Crippen LogP contribution in [0.3, 0.4) is 0 Å². The van der Waals surface area contributed by atoms with E-state index in [-0.39, 0.29) is 0 Å². The molecule has 6 aromatic heterocycles. The predicted molar refractivity (Wildman–Crippen MR) is 567 cm³/mol. The Bertz CT molecular complexity index is 9250. The minimum absolute atomic E-state index is 0.727. The first-order valence-corrected chi connectivity index (χ1v) is 47.3. The van der Waals surface area contributed by atoms with Gasteiger partial charge in [-0.05, 0) is 149 Å². The lowest BCUT2D eigenvalue weighted by atomic mass is 9.96. The summed E-state index contributed by atoms with van der Waals surface area (Å²) in [7, 11) is 0. The van der Waals surface area contributed by atoms with E-state index in [1.165, 1.54) is 132 Å². The second kappa shape index (κ2) is 33.4. The lowest BCUT2D eigenvalue weighted by molar-refractivity contribution is 1.23. The zero-order valence-corrected chi connectivity index (χ0v) is 74.2. The van der Waals surface area contributed by atoms with Crippen molar-refractivity contribution in [3.05, 3.63) is 461 Å². The van der Waals surface area contributed by atoms with Crippen LogP contribution in [0.15, 0.2) is 461 Å². The van der Waals surface area contributed by atoms with E-state index in [4.69, 9.17) is 29.9 Å². The average Bonchev–Trinajstić information content (AvgIpc) is 1.70. The van der Waals surface area contributed by atoms with Crippen molar-refractivity contribution in [2.75, 3.05) is 0 Å². The summed E-state index contributed by atoms with van der Waals surface area (Å²) in [5, 5.41) is 18.2. The highest BCUT2D eigenvalue weighted by Crippen LogP contribution is 2.48. The molecular weight excluding hydrogens is 1670 g/mol. The number of benzene rings is 21. The van der Waals surface area contributed by atoms with Crippen LogP contribution in [-0.4, -0.2) is 29.9 Å². The SMILES string of the molecule is c1ccc(-c2ccc(-c3nc(-c4cccc(-c5cccc6sc7ccccc7c56)c4)nc4c3ccc3ccccc34)cc2)cc1.c1ccc(-c2ccc(-c3nc4ccc5ccccc5c4nc3-c3ccc(-c4cccc5sc6ccccc6c45)cc3)cc2)cc1.c1ccc2cc(-c3ccc(-c4nc5ccc6ccccc6c5nc4-c4cccc5sc6ccccc6c45)cc3)ccc2c1. The lowest BCUT2D eigenvalue weighted by Gasteiger charge is -2.14. The maximum atomic E-state index is 5.44. The van der Waals surface area contributed by atoms with Gasteiger partial charge >= 0.3 is 0 Å². The smallest absolute Gasteiger partial charge is 0.160 e. The van der Waals surface area contributed by atoms with Crippen molar-refractivity contribution in [2.24, 2.45) is 0 Å². The lowest BCUT2D eigenvalue weighted by Crippen LogP contribution is -1.97. The van der Waals surface area contributed by atoms with Gasteiger partial charge in [-0.2, -0.15) is 0 Å². The Morgan fingerprint density at radius 1 is 0.143 bits per heavy atom. The summed E-state index contributed by atoms with van der Waals surface area (Å²) in [6, 6.07) is 164. The van der Waals surface area contributed by atoms with E-state index in [0.29, 0.717) is 0 Å². The van der Waals surface area contributed by atoms with Gasteiger partial charge < -0.3 is 0 Å². The van der Waals surface area contributed by atoms with Crippen molar-refractivity contribution in [1.82, 2.24) is 29.9 Å². The second-order valence-electron chi connectivity index (χ2n) is 33.7. The largest absolute Gasteiger partial charge is 0.244 e. The molecule has 0 saturated carbocycles. The van der Waals surface area contributed by atoms with E-state index in [1.54, 1.807) is 0 Å². The molecule has 27 rings (SSSR count). The standard InChI is InChI=1S/2C42H26N2S.C40H24N2S/c1-2-10-27(11-3-1)28-20-22-30(23-21-28)40-36-25-24-29-12-4-5-15-34(29)41(36)44-42(43-40)32-14-8-13-31(26-32)33-17-9-19-38-39(33)35-16-6-7-18-37(35)45-38;1-2-9-27(10-3-1)28-17-21-31(22-18-28)40-41(44-42-34-12-5-4-11-29(34)25-26-36(42)43-40)32-23-19-30(20-24-32)33-14-8-16-38-39(33)35-13-6-7-15-37(35)45-38;1-2-10-29-24-30(21-18-25(29)8-1)26-16-19-28(20-17-26)38-40(42-39-31-11-4-3-9-27(31)22-23-34(39)41-38)33-13-7-15-36-37(33)32-12-5-6-14-35(32)43-36/h2*1-26H;1-24H. The fourth-order valence-electron chi connectivity index (χ4n) is 19.3. The Morgan fingerprint density at radius 3 is 0.977 bits per heavy atom. The quantitative estimate of drug-likeness (QED) is 0.120. The maximum absolute atomic E-state index is 5.44. The molecule has 133 heavy (non-hydrogen) atoms. The maximum Gasteiger partial charge on any atom is 0.160 e. The molecule has 620 valence electrons. The van der Waals surface area contributed by atoms with Gasteiger partial charge in [-0.1, -0.05) is 394 Å². The van der Waals surface area contributed by atoms with Crippen LogP contribution >= 0.6 is 34.0 Å². The van der Waals surface area contributed by atoms with Gasteiger partial charge in [0.2, 0.25) is 0 Å². The van der Waals surface area contributed by atoms with Crippen molar-refractivity contribution in [2.45, 2.75) is 0 Å². The molecule has 0 atom stereocenters. The summed E-state index contributed by atoms with van der Waals surface area (Å²) >= 11 is 5.53. The normalized spacial score (nSPS) is 11.6. The van der Waals surface area contributed by atoms with Crippen molar-refractivity contribution >= 4 is 171 Å². The first kappa shape index (κ1) is 78.6. The van der Waals surface area contributed by atoms with Gasteiger partial charge in [-0.3, -0.25) is 0 Å². The molecule has 21 aromatic carbocycles. The number of hydrogen-bond acceptors (Lipinski definition) is 9. The number of rotatable bonds is 11. The molecule has 0 amide bonds. The highest BCUT2D eigenvalue weighted by molar-refractivity contribution is 7.26. The number of thiophene rings is 3. The third kappa shape index (κ3) is 14.4. The van der Waals surface area contributed by atoms with Crippen LogP contribution in [0, 0.1) is 0 Å². The topological polar surface area (TPSA) is 77.3 Å². The first-order chi connectivity index (χ1) is 65.9. The summed E-state index contributed by atoms with van der Waals surface area (Å²) in [5.74, 6) is 0.727. The molecule has 0 radical (unpaired) electrons. The number of fused-ring (bicyclic) bond motifs is 19. The van der Waals surface area contributed by atoms with Crippen LogP contribution in [-0.2, 0) is 0 Å². The molecule has 27 aromatic rings. The van der Waals surface area contributed by atoms with Crippen LogP contribution in [0.4, 0.5) is 0 Å². The Hall–Kier alpha value is -16.7. The summed E-state index contributed by atoms with van der Waals surface area (Å²) in [6.07, 6.45) is 0. The fourth-order valence-corrected chi connectivity index (χ4v) is 22.7. The third-order valence-electron chi connectivity index (χ3n) is 25.8. The molecular formula is C124H76N6S3. The molecule has 6 heterocycles. The van der Waals surface area contributed by atoms with Crippen LogP contribution < -0.4 is 0 Å². The van der Waals surface area contributed by atoms with E-state index in [9.17, 15) is 0 Å². The highest BCUT2D eigenvalue weighted by Gasteiger charge is 2.24. The molecule has 9 heteroatoms.